The van der Waals surface area contributed by atoms with E-state index in [0.29, 0.717) is 5.69 Å². The van der Waals surface area contributed by atoms with E-state index < -0.39 is 10.1 Å². The Labute approximate surface area is 133 Å². The first-order valence-electron chi connectivity index (χ1n) is 6.81. The number of hydrogen-bond donors (Lipinski definition) is 0. The van der Waals surface area contributed by atoms with Gasteiger partial charge in [0.2, 0.25) is 0 Å². The van der Waals surface area contributed by atoms with Gasteiger partial charge in [0.15, 0.2) is 0 Å². The molecule has 23 heavy (non-hydrogen) atoms. The monoisotopic (exact) mass is 327 g/mol. The van der Waals surface area contributed by atoms with Gasteiger partial charge in [0.1, 0.15) is 4.90 Å². The molecule has 3 rings (SSSR count). The molecule has 0 amide bonds. The Bertz CT molecular complexity index is 911. The summed E-state index contributed by atoms with van der Waals surface area (Å²) < 4.78 is 29.4. The molecular weight excluding hydrogens is 314 g/mol. The maximum Gasteiger partial charge on any atom is 0.352 e. The highest BCUT2D eigenvalue weighted by molar-refractivity contribution is 7.87. The Hall–Kier alpha value is -2.80. The van der Waals surface area contributed by atoms with Gasteiger partial charge < -0.3 is 4.18 Å². The summed E-state index contributed by atoms with van der Waals surface area (Å²) in [5.74, 6) is 0. The molecule has 1 heterocycles. The van der Waals surface area contributed by atoms with Gasteiger partial charge in [-0.3, -0.25) is 0 Å². The largest absolute Gasteiger partial charge is 0.352 e. The predicted octanol–water partition coefficient (Wildman–Crippen LogP) is 2.61. The lowest BCUT2D eigenvalue weighted by Gasteiger charge is -2.06. The van der Waals surface area contributed by atoms with E-state index in [4.69, 9.17) is 4.18 Å². The normalized spacial score (nSPS) is 11.2. The molecule has 116 valence electrons. The van der Waals surface area contributed by atoms with E-state index in [0.717, 1.165) is 11.1 Å². The lowest BCUT2D eigenvalue weighted by Crippen LogP contribution is -2.12. The van der Waals surface area contributed by atoms with Gasteiger partial charge in [0, 0.05) is 5.56 Å². The molecule has 6 nitrogen and oxygen atoms in total. The molecule has 0 aliphatic rings. The van der Waals surface area contributed by atoms with Gasteiger partial charge in [-0.25, -0.2) is 0 Å². The van der Waals surface area contributed by atoms with Crippen LogP contribution < -0.4 is 4.18 Å². The zero-order valence-corrected chi connectivity index (χ0v) is 13.1. The summed E-state index contributed by atoms with van der Waals surface area (Å²) in [5, 5.41) is 7.38. The molecule has 0 unspecified atom stereocenters. The molecule has 0 N–H and O–H groups in total. The summed E-state index contributed by atoms with van der Waals surface area (Å²) in [6.45, 7) is 1.87. The Morgan fingerprint density at radius 2 is 1.65 bits per heavy atom. The molecule has 0 fully saturated rings. The minimum absolute atomic E-state index is 0.0387. The third-order valence-electron chi connectivity index (χ3n) is 3.10. The van der Waals surface area contributed by atoms with E-state index in [2.05, 4.69) is 15.2 Å². The van der Waals surface area contributed by atoms with Crippen LogP contribution in [0.2, 0.25) is 0 Å². The molecular formula is C16H13N3O3S. The van der Waals surface area contributed by atoms with Gasteiger partial charge in [-0.15, -0.1) is 0 Å². The highest BCUT2D eigenvalue weighted by Gasteiger charge is 2.18. The van der Waals surface area contributed by atoms with Crippen molar-refractivity contribution in [2.24, 2.45) is 0 Å². The molecule has 3 aromatic rings. The summed E-state index contributed by atoms with van der Waals surface area (Å²) in [5.41, 5.74) is 2.22. The summed E-state index contributed by atoms with van der Waals surface area (Å²) in [6.07, 6.45) is 1.45. The number of hydrogen-bond acceptors (Lipinski definition) is 6. The second kappa shape index (κ2) is 6.13. The van der Waals surface area contributed by atoms with E-state index in [9.17, 15) is 8.42 Å². The first kappa shape index (κ1) is 15.1. The van der Waals surface area contributed by atoms with Crippen LogP contribution in [0, 0.1) is 6.92 Å². The van der Waals surface area contributed by atoms with E-state index >= 15 is 0 Å². The third kappa shape index (κ3) is 3.51. The molecule has 0 radical (unpaired) electrons. The Kier molecular flexibility index (Phi) is 4.03. The molecule has 0 saturated carbocycles. The average Bonchev–Trinajstić information content (AvgIpc) is 2.56. The van der Waals surface area contributed by atoms with Crippen molar-refractivity contribution in [3.05, 3.63) is 66.4 Å². The van der Waals surface area contributed by atoms with Gasteiger partial charge >= 0.3 is 16.1 Å². The van der Waals surface area contributed by atoms with Crippen LogP contribution in [0.5, 0.6) is 6.01 Å². The maximum atomic E-state index is 12.2. The molecule has 2 aromatic carbocycles. The van der Waals surface area contributed by atoms with Crippen molar-refractivity contribution in [1.82, 2.24) is 15.2 Å². The number of aromatic nitrogens is 3. The molecule has 0 bridgehead atoms. The lowest BCUT2D eigenvalue weighted by atomic mass is 10.2. The fourth-order valence-electron chi connectivity index (χ4n) is 1.92. The zero-order valence-electron chi connectivity index (χ0n) is 12.2. The third-order valence-corrected chi connectivity index (χ3v) is 4.32. The predicted molar refractivity (Wildman–Crippen MR) is 84.3 cm³/mol. The Morgan fingerprint density at radius 1 is 0.957 bits per heavy atom. The van der Waals surface area contributed by atoms with Crippen molar-refractivity contribution < 1.29 is 12.6 Å². The first-order chi connectivity index (χ1) is 11.0. The van der Waals surface area contributed by atoms with Crippen LogP contribution in [0.15, 0.2) is 65.7 Å². The molecule has 0 saturated heterocycles. The Balaban J connectivity index is 1.90. The molecule has 0 spiro atoms. The fourth-order valence-corrected chi connectivity index (χ4v) is 2.75. The summed E-state index contributed by atoms with van der Waals surface area (Å²) >= 11 is 0. The van der Waals surface area contributed by atoms with Crippen LogP contribution in [0.3, 0.4) is 0 Å². The van der Waals surface area contributed by atoms with Crippen molar-refractivity contribution in [3.8, 4) is 17.3 Å². The van der Waals surface area contributed by atoms with Crippen molar-refractivity contribution >= 4 is 10.1 Å². The number of benzene rings is 2. The summed E-state index contributed by atoms with van der Waals surface area (Å²) in [6, 6.07) is 15.3. The van der Waals surface area contributed by atoms with Gasteiger partial charge in [-0.1, -0.05) is 53.1 Å². The number of aryl methyl sites for hydroxylation is 1. The SMILES string of the molecule is Cc1ccc(S(=O)(=O)Oc2nncc(-c3ccccc3)n2)cc1. The van der Waals surface area contributed by atoms with E-state index in [-0.39, 0.29) is 10.9 Å². The van der Waals surface area contributed by atoms with Gasteiger partial charge in [0.05, 0.1) is 11.9 Å². The molecule has 0 aliphatic heterocycles. The number of nitrogens with zero attached hydrogens (tertiary/aromatic N) is 3. The minimum atomic E-state index is -3.99. The van der Waals surface area contributed by atoms with Crippen molar-refractivity contribution in [3.63, 3.8) is 0 Å². The van der Waals surface area contributed by atoms with Crippen LogP contribution in [0.1, 0.15) is 5.56 Å². The van der Waals surface area contributed by atoms with Crippen molar-refractivity contribution in [2.45, 2.75) is 11.8 Å². The van der Waals surface area contributed by atoms with Gasteiger partial charge in [-0.05, 0) is 19.1 Å². The van der Waals surface area contributed by atoms with E-state index in [1.54, 1.807) is 12.1 Å². The highest BCUT2D eigenvalue weighted by atomic mass is 32.2. The molecule has 0 aliphatic carbocycles. The van der Waals surface area contributed by atoms with E-state index in [1.165, 1.54) is 18.3 Å². The highest BCUT2D eigenvalue weighted by Crippen LogP contribution is 2.19. The lowest BCUT2D eigenvalue weighted by molar-refractivity contribution is 0.459. The minimum Gasteiger partial charge on any atom is -0.338 e. The molecule has 0 atom stereocenters. The zero-order chi connectivity index (χ0) is 16.3. The maximum absolute atomic E-state index is 12.2. The Morgan fingerprint density at radius 3 is 2.35 bits per heavy atom. The molecule has 1 aromatic heterocycles. The van der Waals surface area contributed by atoms with Crippen LogP contribution in [-0.2, 0) is 10.1 Å². The van der Waals surface area contributed by atoms with Crippen LogP contribution in [0.4, 0.5) is 0 Å². The second-order valence-corrected chi connectivity index (χ2v) is 6.39. The quantitative estimate of drug-likeness (QED) is 0.685. The topological polar surface area (TPSA) is 82.0 Å². The van der Waals surface area contributed by atoms with E-state index in [1.807, 2.05) is 37.3 Å². The average molecular weight is 327 g/mol. The first-order valence-corrected chi connectivity index (χ1v) is 8.22. The number of rotatable bonds is 4. The summed E-state index contributed by atoms with van der Waals surface area (Å²) in [4.78, 5) is 4.13. The van der Waals surface area contributed by atoms with Crippen LogP contribution >= 0.6 is 0 Å². The van der Waals surface area contributed by atoms with Gasteiger partial charge in [0.25, 0.3) is 0 Å². The molecule has 7 heteroatoms. The standard InChI is InChI=1S/C16H13N3O3S/c1-12-7-9-14(10-8-12)23(20,21)22-16-18-15(11-17-19-16)13-5-3-2-4-6-13/h2-11H,1H3. The van der Waals surface area contributed by atoms with Crippen molar-refractivity contribution in [1.29, 1.82) is 0 Å². The smallest absolute Gasteiger partial charge is 0.338 e. The summed E-state index contributed by atoms with van der Waals surface area (Å²) in [7, 11) is -3.99. The van der Waals surface area contributed by atoms with Crippen LogP contribution in [-0.4, -0.2) is 23.6 Å². The van der Waals surface area contributed by atoms with Crippen LogP contribution in [0.25, 0.3) is 11.3 Å². The van der Waals surface area contributed by atoms with Crippen molar-refractivity contribution in [2.75, 3.05) is 0 Å². The fraction of sp³-hybridized carbons (Fsp3) is 0.0625. The second-order valence-electron chi connectivity index (χ2n) is 4.84. The van der Waals surface area contributed by atoms with Gasteiger partial charge in [-0.2, -0.15) is 18.5 Å².